The van der Waals surface area contributed by atoms with E-state index < -0.39 is 21.7 Å². The molecule has 0 radical (unpaired) electrons. The zero-order valence-corrected chi connectivity index (χ0v) is 11.7. The number of aliphatic hydroxyl groups is 1. The first-order valence-corrected chi connectivity index (χ1v) is 7.58. The van der Waals surface area contributed by atoms with Gasteiger partial charge in [0, 0.05) is 12.3 Å². The standard InChI is InChI=1S/C14H13F2NO3S/c15-13-6-5-12(9-14(13)16)21(19,20)17-11-3-1-10(2-4-11)7-8-18/h1-6,9,17-18H,7-8H2. The van der Waals surface area contributed by atoms with E-state index in [9.17, 15) is 17.2 Å². The first kappa shape index (κ1) is 15.4. The molecule has 2 aromatic rings. The maximum absolute atomic E-state index is 13.1. The summed E-state index contributed by atoms with van der Waals surface area (Å²) in [6, 6.07) is 8.76. The second-order valence-electron chi connectivity index (χ2n) is 4.35. The molecule has 0 atom stereocenters. The molecular formula is C14H13F2NO3S. The predicted octanol–water partition coefficient (Wildman–Crippen LogP) is 2.30. The molecule has 2 aromatic carbocycles. The van der Waals surface area contributed by atoms with Crippen LogP contribution in [0.5, 0.6) is 0 Å². The molecule has 21 heavy (non-hydrogen) atoms. The third-order valence-electron chi connectivity index (χ3n) is 2.81. The van der Waals surface area contributed by atoms with Crippen molar-refractivity contribution < 1.29 is 22.3 Å². The molecule has 2 rings (SSSR count). The minimum absolute atomic E-state index is 0.0000693. The van der Waals surface area contributed by atoms with Gasteiger partial charge in [-0.3, -0.25) is 4.72 Å². The summed E-state index contributed by atoms with van der Waals surface area (Å²) in [6.45, 7) is -0.0000693. The van der Waals surface area contributed by atoms with E-state index in [0.29, 0.717) is 18.2 Å². The monoisotopic (exact) mass is 313 g/mol. The van der Waals surface area contributed by atoms with Gasteiger partial charge in [-0.2, -0.15) is 0 Å². The summed E-state index contributed by atoms with van der Waals surface area (Å²) < 4.78 is 52.3. The van der Waals surface area contributed by atoms with Gasteiger partial charge in [0.25, 0.3) is 10.0 Å². The Labute approximate surface area is 121 Å². The summed E-state index contributed by atoms with van der Waals surface area (Å²) in [5, 5.41) is 8.79. The maximum Gasteiger partial charge on any atom is 0.261 e. The van der Waals surface area contributed by atoms with Crippen molar-refractivity contribution in [2.45, 2.75) is 11.3 Å². The van der Waals surface area contributed by atoms with Crippen LogP contribution in [0.3, 0.4) is 0 Å². The zero-order valence-electron chi connectivity index (χ0n) is 10.9. The number of hydrogen-bond donors (Lipinski definition) is 2. The van der Waals surface area contributed by atoms with Gasteiger partial charge in [0.15, 0.2) is 11.6 Å². The normalized spacial score (nSPS) is 11.4. The Morgan fingerprint density at radius 1 is 1.00 bits per heavy atom. The lowest BCUT2D eigenvalue weighted by molar-refractivity contribution is 0.299. The minimum Gasteiger partial charge on any atom is -0.396 e. The van der Waals surface area contributed by atoms with Crippen LogP contribution in [0.4, 0.5) is 14.5 Å². The molecule has 0 aliphatic carbocycles. The van der Waals surface area contributed by atoms with Crippen molar-refractivity contribution in [2.24, 2.45) is 0 Å². The molecule has 112 valence electrons. The maximum atomic E-state index is 13.1. The van der Waals surface area contributed by atoms with Gasteiger partial charge in [0.05, 0.1) is 4.90 Å². The predicted molar refractivity (Wildman–Crippen MR) is 74.4 cm³/mol. The second-order valence-corrected chi connectivity index (χ2v) is 6.03. The Balaban J connectivity index is 2.22. The van der Waals surface area contributed by atoms with Crippen molar-refractivity contribution in [3.05, 3.63) is 59.7 Å². The number of anilines is 1. The van der Waals surface area contributed by atoms with Crippen molar-refractivity contribution in [2.75, 3.05) is 11.3 Å². The van der Waals surface area contributed by atoms with Gasteiger partial charge in [-0.1, -0.05) is 12.1 Å². The Morgan fingerprint density at radius 2 is 1.67 bits per heavy atom. The summed E-state index contributed by atoms with van der Waals surface area (Å²) in [4.78, 5) is -0.360. The highest BCUT2D eigenvalue weighted by Crippen LogP contribution is 2.18. The van der Waals surface area contributed by atoms with Gasteiger partial charge in [0.1, 0.15) is 0 Å². The molecule has 0 spiro atoms. The van der Waals surface area contributed by atoms with Crippen LogP contribution in [-0.4, -0.2) is 20.1 Å². The number of nitrogens with one attached hydrogen (secondary N) is 1. The minimum atomic E-state index is -3.98. The molecule has 2 N–H and O–H groups in total. The van der Waals surface area contributed by atoms with Gasteiger partial charge < -0.3 is 5.11 Å². The smallest absolute Gasteiger partial charge is 0.261 e. The molecule has 0 unspecified atom stereocenters. The van der Waals surface area contributed by atoms with E-state index in [-0.39, 0.29) is 11.5 Å². The van der Waals surface area contributed by atoms with Crippen LogP contribution in [0.15, 0.2) is 47.4 Å². The molecule has 0 heterocycles. The highest BCUT2D eigenvalue weighted by molar-refractivity contribution is 7.92. The van der Waals surface area contributed by atoms with E-state index in [1.165, 1.54) is 12.1 Å². The quantitative estimate of drug-likeness (QED) is 0.890. The molecule has 0 saturated carbocycles. The number of halogens is 2. The molecular weight excluding hydrogens is 300 g/mol. The Bertz CT molecular complexity index is 730. The summed E-state index contributed by atoms with van der Waals surface area (Å²) in [7, 11) is -3.98. The van der Waals surface area contributed by atoms with E-state index in [1.807, 2.05) is 0 Å². The Kier molecular flexibility index (Phi) is 4.54. The van der Waals surface area contributed by atoms with Crippen LogP contribution in [0.1, 0.15) is 5.56 Å². The highest BCUT2D eigenvalue weighted by Gasteiger charge is 2.16. The topological polar surface area (TPSA) is 66.4 Å². The van der Waals surface area contributed by atoms with Crippen LogP contribution in [0.2, 0.25) is 0 Å². The van der Waals surface area contributed by atoms with Gasteiger partial charge in [0.2, 0.25) is 0 Å². The van der Waals surface area contributed by atoms with E-state index in [2.05, 4.69) is 4.72 Å². The highest BCUT2D eigenvalue weighted by atomic mass is 32.2. The molecule has 0 aliphatic heterocycles. The number of aliphatic hydroxyl groups excluding tert-OH is 1. The molecule has 4 nitrogen and oxygen atoms in total. The lowest BCUT2D eigenvalue weighted by Gasteiger charge is -2.09. The van der Waals surface area contributed by atoms with Crippen molar-refractivity contribution in [1.29, 1.82) is 0 Å². The Hall–Kier alpha value is -1.99. The summed E-state index contributed by atoms with van der Waals surface area (Å²) in [6.07, 6.45) is 0.468. The van der Waals surface area contributed by atoms with Gasteiger partial charge in [-0.15, -0.1) is 0 Å². The fraction of sp³-hybridized carbons (Fsp3) is 0.143. The van der Waals surface area contributed by atoms with E-state index in [1.54, 1.807) is 12.1 Å². The fourth-order valence-electron chi connectivity index (χ4n) is 1.73. The number of sulfonamides is 1. The first-order chi connectivity index (χ1) is 9.92. The van der Waals surface area contributed by atoms with Crippen molar-refractivity contribution in [1.82, 2.24) is 0 Å². The first-order valence-electron chi connectivity index (χ1n) is 6.10. The lowest BCUT2D eigenvalue weighted by atomic mass is 10.1. The molecule has 0 bridgehead atoms. The number of hydrogen-bond acceptors (Lipinski definition) is 3. The van der Waals surface area contributed by atoms with Gasteiger partial charge in [-0.25, -0.2) is 17.2 Å². The van der Waals surface area contributed by atoms with Crippen LogP contribution in [-0.2, 0) is 16.4 Å². The van der Waals surface area contributed by atoms with E-state index in [0.717, 1.165) is 17.7 Å². The SMILES string of the molecule is O=S(=O)(Nc1ccc(CCO)cc1)c1ccc(F)c(F)c1. The second kappa shape index (κ2) is 6.19. The largest absolute Gasteiger partial charge is 0.396 e. The summed E-state index contributed by atoms with van der Waals surface area (Å²) in [5.41, 5.74) is 1.15. The van der Waals surface area contributed by atoms with Crippen molar-refractivity contribution in [3.63, 3.8) is 0 Å². The number of benzene rings is 2. The summed E-state index contributed by atoms with van der Waals surface area (Å²) in [5.74, 6) is -2.33. The summed E-state index contributed by atoms with van der Waals surface area (Å²) >= 11 is 0. The zero-order chi connectivity index (χ0) is 15.5. The molecule has 0 saturated heterocycles. The van der Waals surface area contributed by atoms with Gasteiger partial charge >= 0.3 is 0 Å². The molecule has 0 aliphatic rings. The Morgan fingerprint density at radius 3 is 2.24 bits per heavy atom. The lowest BCUT2D eigenvalue weighted by Crippen LogP contribution is -2.13. The van der Waals surface area contributed by atoms with E-state index in [4.69, 9.17) is 5.11 Å². The van der Waals surface area contributed by atoms with E-state index >= 15 is 0 Å². The average Bonchev–Trinajstić information content (AvgIpc) is 2.44. The fourth-order valence-corrected chi connectivity index (χ4v) is 2.80. The van der Waals surface area contributed by atoms with Gasteiger partial charge in [-0.05, 0) is 42.3 Å². The van der Waals surface area contributed by atoms with Crippen LogP contribution in [0, 0.1) is 11.6 Å². The van der Waals surface area contributed by atoms with Crippen molar-refractivity contribution >= 4 is 15.7 Å². The average molecular weight is 313 g/mol. The van der Waals surface area contributed by atoms with Crippen LogP contribution >= 0.6 is 0 Å². The van der Waals surface area contributed by atoms with Crippen molar-refractivity contribution in [3.8, 4) is 0 Å². The molecule has 0 aromatic heterocycles. The number of rotatable bonds is 5. The third kappa shape index (κ3) is 3.77. The third-order valence-corrected chi connectivity index (χ3v) is 4.19. The molecule has 7 heteroatoms. The van der Waals surface area contributed by atoms with Crippen LogP contribution in [0.25, 0.3) is 0 Å². The molecule has 0 fully saturated rings. The van der Waals surface area contributed by atoms with Crippen LogP contribution < -0.4 is 4.72 Å². The molecule has 0 amide bonds.